The van der Waals surface area contributed by atoms with E-state index >= 15 is 0 Å². The molecule has 5 nitrogen and oxygen atoms in total. The number of hydrogen-bond acceptors (Lipinski definition) is 5. The summed E-state index contributed by atoms with van der Waals surface area (Å²) in [6.07, 6.45) is 1.26. The molecule has 1 saturated heterocycles. The lowest BCUT2D eigenvalue weighted by Crippen LogP contribution is -2.42. The molecule has 0 aromatic carbocycles. The van der Waals surface area contributed by atoms with Gasteiger partial charge in [0.05, 0.1) is 11.8 Å². The van der Waals surface area contributed by atoms with Crippen LogP contribution < -0.4 is 0 Å². The van der Waals surface area contributed by atoms with Gasteiger partial charge in [-0.25, -0.2) is 0 Å². The van der Waals surface area contributed by atoms with Crippen molar-refractivity contribution in [3.8, 4) is 0 Å². The minimum absolute atomic E-state index is 0.0544. The monoisotopic (exact) mass is 227 g/mol. The van der Waals surface area contributed by atoms with Gasteiger partial charge >= 0.3 is 0 Å². The maximum absolute atomic E-state index is 12.0. The lowest BCUT2D eigenvalue weighted by molar-refractivity contribution is 0.0477. The average molecular weight is 227 g/mol. The number of aliphatic hydroxyl groups excluding tert-OH is 1. The number of likely N-dealkylation sites (tertiary alicyclic amines) is 1. The SMILES string of the molecule is Cc1nnsc1C(=O)N1CCC[C@H](O)C1. The number of aromatic nitrogens is 2. The predicted octanol–water partition coefficient (Wildman–Crippen LogP) is 0.443. The van der Waals surface area contributed by atoms with Gasteiger partial charge in [0.1, 0.15) is 4.88 Å². The molecule has 1 aliphatic heterocycles. The number of aliphatic hydroxyl groups is 1. The molecule has 1 amide bonds. The number of nitrogens with zero attached hydrogens (tertiary/aromatic N) is 3. The molecule has 0 unspecified atom stereocenters. The minimum atomic E-state index is -0.385. The second-order valence-electron chi connectivity index (χ2n) is 3.73. The summed E-state index contributed by atoms with van der Waals surface area (Å²) in [5.41, 5.74) is 0.671. The Labute approximate surface area is 91.9 Å². The fourth-order valence-electron chi connectivity index (χ4n) is 1.71. The molecular formula is C9H13N3O2S. The van der Waals surface area contributed by atoms with Gasteiger partial charge in [0, 0.05) is 13.1 Å². The predicted molar refractivity (Wildman–Crippen MR) is 55.8 cm³/mol. The average Bonchev–Trinajstić information content (AvgIpc) is 2.63. The van der Waals surface area contributed by atoms with Gasteiger partial charge in [-0.1, -0.05) is 4.49 Å². The first-order chi connectivity index (χ1) is 7.18. The van der Waals surface area contributed by atoms with Crippen molar-refractivity contribution < 1.29 is 9.90 Å². The van der Waals surface area contributed by atoms with Gasteiger partial charge in [-0.3, -0.25) is 4.79 Å². The Kier molecular flexibility index (Phi) is 2.97. The number of carbonyl (C=O) groups excluding carboxylic acids is 1. The molecule has 1 fully saturated rings. The Morgan fingerprint density at radius 1 is 1.67 bits per heavy atom. The van der Waals surface area contributed by atoms with Gasteiger partial charge in [0.25, 0.3) is 5.91 Å². The maximum Gasteiger partial charge on any atom is 0.267 e. The van der Waals surface area contributed by atoms with Crippen LogP contribution in [0.2, 0.25) is 0 Å². The smallest absolute Gasteiger partial charge is 0.267 e. The largest absolute Gasteiger partial charge is 0.391 e. The van der Waals surface area contributed by atoms with Crippen molar-refractivity contribution in [2.75, 3.05) is 13.1 Å². The van der Waals surface area contributed by atoms with Crippen LogP contribution in [0.5, 0.6) is 0 Å². The summed E-state index contributed by atoms with van der Waals surface area (Å²) in [6, 6.07) is 0. The van der Waals surface area contributed by atoms with E-state index in [4.69, 9.17) is 0 Å². The first-order valence-corrected chi connectivity index (χ1v) is 5.72. The van der Waals surface area contributed by atoms with E-state index < -0.39 is 0 Å². The van der Waals surface area contributed by atoms with E-state index in [2.05, 4.69) is 9.59 Å². The van der Waals surface area contributed by atoms with Crippen LogP contribution in [0.3, 0.4) is 0 Å². The molecule has 2 heterocycles. The highest BCUT2D eigenvalue weighted by Gasteiger charge is 2.25. The molecule has 1 aromatic rings. The standard InChI is InChI=1S/C9H13N3O2S/c1-6-8(15-11-10-6)9(14)12-4-2-3-7(13)5-12/h7,13H,2-5H2,1H3/t7-/m0/s1. The van der Waals surface area contributed by atoms with Gasteiger partial charge in [0.15, 0.2) is 0 Å². The first-order valence-electron chi connectivity index (χ1n) is 4.95. The molecule has 0 bridgehead atoms. The van der Waals surface area contributed by atoms with E-state index in [-0.39, 0.29) is 12.0 Å². The molecular weight excluding hydrogens is 214 g/mol. The van der Waals surface area contributed by atoms with Crippen LogP contribution in [0, 0.1) is 6.92 Å². The molecule has 15 heavy (non-hydrogen) atoms. The third-order valence-corrected chi connectivity index (χ3v) is 3.35. The fourth-order valence-corrected chi connectivity index (χ4v) is 2.34. The van der Waals surface area contributed by atoms with Crippen molar-refractivity contribution in [2.45, 2.75) is 25.9 Å². The quantitative estimate of drug-likeness (QED) is 0.756. The van der Waals surface area contributed by atoms with E-state index in [0.29, 0.717) is 23.7 Å². The summed E-state index contributed by atoms with van der Waals surface area (Å²) in [7, 11) is 0. The number of carbonyl (C=O) groups is 1. The molecule has 1 aromatic heterocycles. The molecule has 0 spiro atoms. The highest BCUT2D eigenvalue weighted by atomic mass is 32.1. The van der Waals surface area contributed by atoms with E-state index in [1.54, 1.807) is 11.8 Å². The normalized spacial score (nSPS) is 21.7. The molecule has 0 saturated carbocycles. The van der Waals surface area contributed by atoms with Crippen LogP contribution in [0.25, 0.3) is 0 Å². The minimum Gasteiger partial charge on any atom is -0.391 e. The van der Waals surface area contributed by atoms with E-state index in [1.807, 2.05) is 0 Å². The number of aryl methyl sites for hydroxylation is 1. The summed E-state index contributed by atoms with van der Waals surface area (Å²) >= 11 is 1.12. The molecule has 2 rings (SSSR count). The zero-order valence-electron chi connectivity index (χ0n) is 8.51. The van der Waals surface area contributed by atoms with Crippen LogP contribution in [-0.2, 0) is 0 Å². The zero-order chi connectivity index (χ0) is 10.8. The molecule has 0 aliphatic carbocycles. The van der Waals surface area contributed by atoms with E-state index in [1.165, 1.54) is 0 Å². The topological polar surface area (TPSA) is 66.3 Å². The zero-order valence-corrected chi connectivity index (χ0v) is 9.33. The van der Waals surface area contributed by atoms with Gasteiger partial charge in [0.2, 0.25) is 0 Å². The third kappa shape index (κ3) is 2.15. The van der Waals surface area contributed by atoms with Gasteiger partial charge in [-0.15, -0.1) is 5.10 Å². The summed E-state index contributed by atoms with van der Waals surface area (Å²) in [5.74, 6) is -0.0544. The van der Waals surface area contributed by atoms with Crippen LogP contribution in [0.1, 0.15) is 28.2 Å². The van der Waals surface area contributed by atoms with Crippen molar-refractivity contribution in [2.24, 2.45) is 0 Å². The van der Waals surface area contributed by atoms with Crippen molar-refractivity contribution in [3.63, 3.8) is 0 Å². The Morgan fingerprint density at radius 2 is 2.47 bits per heavy atom. The van der Waals surface area contributed by atoms with Crippen molar-refractivity contribution >= 4 is 17.4 Å². The van der Waals surface area contributed by atoms with Gasteiger partial charge in [-0.2, -0.15) is 0 Å². The number of piperidine rings is 1. The highest BCUT2D eigenvalue weighted by molar-refractivity contribution is 7.07. The number of rotatable bonds is 1. The van der Waals surface area contributed by atoms with Crippen LogP contribution in [-0.4, -0.2) is 44.7 Å². The number of β-amino-alcohol motifs (C(OH)–C–C–N with tert-alkyl or cyclic N) is 1. The molecule has 6 heteroatoms. The van der Waals surface area contributed by atoms with E-state index in [0.717, 1.165) is 24.4 Å². The first kappa shape index (κ1) is 10.5. The lowest BCUT2D eigenvalue weighted by Gasteiger charge is -2.29. The lowest BCUT2D eigenvalue weighted by atomic mass is 10.1. The summed E-state index contributed by atoms with van der Waals surface area (Å²) in [6.45, 7) is 2.92. The Balaban J connectivity index is 2.11. The molecule has 1 N–H and O–H groups in total. The number of amides is 1. The molecule has 1 atom stereocenters. The fraction of sp³-hybridized carbons (Fsp3) is 0.667. The number of hydrogen-bond donors (Lipinski definition) is 1. The summed E-state index contributed by atoms with van der Waals surface area (Å²) in [5, 5.41) is 13.3. The molecule has 82 valence electrons. The van der Waals surface area contributed by atoms with Crippen molar-refractivity contribution in [3.05, 3.63) is 10.6 Å². The second-order valence-corrected chi connectivity index (χ2v) is 4.49. The van der Waals surface area contributed by atoms with Crippen molar-refractivity contribution in [1.29, 1.82) is 0 Å². The Bertz CT molecular complexity index is 366. The Morgan fingerprint density at radius 3 is 3.07 bits per heavy atom. The van der Waals surface area contributed by atoms with Crippen LogP contribution in [0.4, 0.5) is 0 Å². The van der Waals surface area contributed by atoms with Gasteiger partial charge in [-0.05, 0) is 31.3 Å². The Hall–Kier alpha value is -1.01. The maximum atomic E-state index is 12.0. The molecule has 1 aliphatic rings. The van der Waals surface area contributed by atoms with Crippen LogP contribution >= 0.6 is 11.5 Å². The van der Waals surface area contributed by atoms with Gasteiger partial charge < -0.3 is 10.0 Å². The second kappa shape index (κ2) is 4.24. The molecule has 0 radical (unpaired) electrons. The summed E-state index contributed by atoms with van der Waals surface area (Å²) in [4.78, 5) is 14.2. The summed E-state index contributed by atoms with van der Waals surface area (Å²) < 4.78 is 3.74. The van der Waals surface area contributed by atoms with Crippen molar-refractivity contribution in [1.82, 2.24) is 14.5 Å². The third-order valence-electron chi connectivity index (χ3n) is 2.53. The van der Waals surface area contributed by atoms with E-state index in [9.17, 15) is 9.90 Å². The highest BCUT2D eigenvalue weighted by Crippen LogP contribution is 2.17. The van der Waals surface area contributed by atoms with Crippen LogP contribution in [0.15, 0.2) is 0 Å².